The van der Waals surface area contributed by atoms with E-state index in [2.05, 4.69) is 4.74 Å². The van der Waals surface area contributed by atoms with Crippen LogP contribution in [-0.2, 0) is 4.74 Å². The zero-order chi connectivity index (χ0) is 14.1. The molecule has 0 aliphatic rings. The number of aliphatic hydroxyl groups is 1. The molecule has 0 heterocycles. The first kappa shape index (κ1) is 16.3. The summed E-state index contributed by atoms with van der Waals surface area (Å²) in [5.74, 6) is -11.0. The van der Waals surface area contributed by atoms with Crippen molar-refractivity contribution in [2.75, 3.05) is 13.2 Å². The number of rotatable bonds is 5. The number of alkyl halides is 9. The van der Waals surface area contributed by atoms with Crippen molar-refractivity contribution in [3.63, 3.8) is 0 Å². The summed E-state index contributed by atoms with van der Waals surface area (Å²) in [5, 5.41) is 7.80. The fraction of sp³-hybridized carbons (Fsp3) is 1.00. The summed E-state index contributed by atoms with van der Waals surface area (Å²) in [7, 11) is 0. The maximum absolute atomic E-state index is 12.3. The van der Waals surface area contributed by atoms with E-state index < -0.39 is 37.3 Å². The minimum absolute atomic E-state index is 2.47. The van der Waals surface area contributed by atoms with Gasteiger partial charge in [-0.05, 0) is 0 Å². The largest absolute Gasteiger partial charge is 0.455 e. The predicted molar refractivity (Wildman–Crippen MR) is 33.9 cm³/mol. The summed E-state index contributed by atoms with van der Waals surface area (Å²) in [4.78, 5) is 0. The van der Waals surface area contributed by atoms with Gasteiger partial charge in [0.15, 0.2) is 0 Å². The van der Waals surface area contributed by atoms with Crippen LogP contribution in [0.3, 0.4) is 0 Å². The van der Waals surface area contributed by atoms with Crippen LogP contribution in [0, 0.1) is 0 Å². The Morgan fingerprint density at radius 3 is 1.47 bits per heavy atom. The number of hydrogen-bond donors (Lipinski definition) is 1. The molecule has 0 spiro atoms. The van der Waals surface area contributed by atoms with Crippen molar-refractivity contribution in [2.24, 2.45) is 0 Å². The Kier molecular flexibility index (Phi) is 4.33. The van der Waals surface area contributed by atoms with Crippen LogP contribution in [0.4, 0.5) is 39.5 Å². The summed E-state index contributed by atoms with van der Waals surface area (Å²) >= 11 is 0. The number of halogens is 9. The predicted octanol–water partition coefficient (Wildman–Crippen LogP) is 2.42. The smallest absolute Gasteiger partial charge is 0.390 e. The minimum Gasteiger partial charge on any atom is -0.390 e. The Hall–Kier alpha value is -0.710. The molecule has 0 bridgehead atoms. The molecule has 0 saturated carbocycles. The van der Waals surface area contributed by atoms with E-state index in [1.807, 2.05) is 0 Å². The highest BCUT2D eigenvalue weighted by Gasteiger charge is 2.63. The van der Waals surface area contributed by atoms with Crippen molar-refractivity contribution in [1.82, 2.24) is 0 Å². The lowest BCUT2D eigenvalue weighted by Gasteiger charge is -2.27. The molecular formula is C6H5F9O2. The first-order valence-corrected chi connectivity index (χ1v) is 3.72. The highest BCUT2D eigenvalue weighted by atomic mass is 19.4. The van der Waals surface area contributed by atoms with Gasteiger partial charge in [0.1, 0.15) is 13.2 Å². The maximum atomic E-state index is 12.3. The maximum Gasteiger partial charge on any atom is 0.455 e. The van der Waals surface area contributed by atoms with Gasteiger partial charge in [-0.3, -0.25) is 0 Å². The first-order chi connectivity index (χ1) is 7.27. The highest BCUT2D eigenvalue weighted by molar-refractivity contribution is 4.80. The zero-order valence-corrected chi connectivity index (χ0v) is 7.67. The van der Waals surface area contributed by atoms with Crippen molar-refractivity contribution in [3.8, 4) is 0 Å². The van der Waals surface area contributed by atoms with Gasteiger partial charge in [-0.25, -0.2) is 0 Å². The first-order valence-electron chi connectivity index (χ1n) is 3.72. The molecule has 0 radical (unpaired) electrons. The molecule has 0 amide bonds. The van der Waals surface area contributed by atoms with Crippen molar-refractivity contribution in [1.29, 1.82) is 0 Å². The topological polar surface area (TPSA) is 29.5 Å². The molecule has 17 heavy (non-hydrogen) atoms. The Morgan fingerprint density at radius 2 is 1.18 bits per heavy atom. The molecule has 0 aliphatic heterocycles. The summed E-state index contributed by atoms with van der Waals surface area (Å²) < 4.78 is 110. The van der Waals surface area contributed by atoms with E-state index in [4.69, 9.17) is 5.11 Å². The summed E-state index contributed by atoms with van der Waals surface area (Å²) in [6, 6.07) is 0. The van der Waals surface area contributed by atoms with E-state index >= 15 is 0 Å². The van der Waals surface area contributed by atoms with Gasteiger partial charge in [0.25, 0.3) is 0 Å². The van der Waals surface area contributed by atoms with Crippen molar-refractivity contribution < 1.29 is 49.4 Å². The van der Waals surface area contributed by atoms with E-state index in [0.29, 0.717) is 0 Å². The third kappa shape index (κ3) is 3.63. The third-order valence-electron chi connectivity index (χ3n) is 1.47. The van der Waals surface area contributed by atoms with Gasteiger partial charge in [-0.1, -0.05) is 0 Å². The van der Waals surface area contributed by atoms with Crippen LogP contribution in [0.5, 0.6) is 0 Å². The minimum atomic E-state index is -6.21. The molecule has 0 aromatic heterocycles. The second-order valence-corrected chi connectivity index (χ2v) is 2.87. The molecule has 1 N–H and O–H groups in total. The molecule has 0 rings (SSSR count). The van der Waals surface area contributed by atoms with Crippen LogP contribution in [0.2, 0.25) is 0 Å². The third-order valence-corrected chi connectivity index (χ3v) is 1.47. The van der Waals surface area contributed by atoms with E-state index in [9.17, 15) is 39.5 Å². The summed E-state index contributed by atoms with van der Waals surface area (Å²) in [6.07, 6.45) is -11.9. The molecule has 0 aromatic rings. The number of aliphatic hydroxyl groups excluding tert-OH is 1. The van der Waals surface area contributed by atoms with Gasteiger partial charge in [-0.15, -0.1) is 0 Å². The molecule has 0 saturated heterocycles. The average Bonchev–Trinajstić information content (AvgIpc) is 2.13. The van der Waals surface area contributed by atoms with Gasteiger partial charge >= 0.3 is 24.1 Å². The Morgan fingerprint density at radius 1 is 0.765 bits per heavy atom. The van der Waals surface area contributed by atoms with Gasteiger partial charge in [0.05, 0.1) is 0 Å². The lowest BCUT2D eigenvalue weighted by atomic mass is 10.3. The van der Waals surface area contributed by atoms with Gasteiger partial charge < -0.3 is 9.84 Å². The Labute approximate surface area is 88.0 Å². The fourth-order valence-corrected chi connectivity index (χ4v) is 0.461. The van der Waals surface area contributed by atoms with Crippen LogP contribution in [0.25, 0.3) is 0 Å². The number of hydrogen-bond acceptors (Lipinski definition) is 2. The van der Waals surface area contributed by atoms with E-state index in [0.717, 1.165) is 0 Å². The molecular weight excluding hydrogens is 275 g/mol. The standard InChI is InChI=1S/C6H5F9O2/c7-3(8,1-16)6(14,15)17-2-4(9,10)5(11,12)13/h16H,1-2H2. The molecule has 104 valence electrons. The second kappa shape index (κ2) is 4.52. The molecule has 2 nitrogen and oxygen atoms in total. The highest BCUT2D eigenvalue weighted by Crippen LogP contribution is 2.40. The van der Waals surface area contributed by atoms with Crippen LogP contribution in [-0.4, -0.2) is 42.5 Å². The quantitative estimate of drug-likeness (QED) is 0.784. The number of ether oxygens (including phenoxy) is 1. The van der Waals surface area contributed by atoms with Crippen molar-refractivity contribution in [3.05, 3.63) is 0 Å². The van der Waals surface area contributed by atoms with Gasteiger partial charge in [-0.2, -0.15) is 39.5 Å². The fourth-order valence-electron chi connectivity index (χ4n) is 0.461. The van der Waals surface area contributed by atoms with Crippen LogP contribution < -0.4 is 0 Å². The Bertz CT molecular complexity index is 259. The second-order valence-electron chi connectivity index (χ2n) is 2.87. The lowest BCUT2D eigenvalue weighted by molar-refractivity contribution is -0.384. The van der Waals surface area contributed by atoms with Crippen molar-refractivity contribution >= 4 is 0 Å². The van der Waals surface area contributed by atoms with E-state index in [1.165, 1.54) is 0 Å². The van der Waals surface area contributed by atoms with Gasteiger partial charge in [0, 0.05) is 0 Å². The van der Waals surface area contributed by atoms with Crippen molar-refractivity contribution in [2.45, 2.75) is 24.1 Å². The monoisotopic (exact) mass is 280 g/mol. The molecule has 0 aromatic carbocycles. The normalized spacial score (nSPS) is 15.2. The molecule has 0 fully saturated rings. The van der Waals surface area contributed by atoms with Gasteiger partial charge in [0.2, 0.25) is 0 Å². The van der Waals surface area contributed by atoms with E-state index in [1.54, 1.807) is 0 Å². The molecule has 0 atom stereocenters. The zero-order valence-electron chi connectivity index (χ0n) is 7.67. The molecule has 0 unspecified atom stereocenters. The average molecular weight is 280 g/mol. The Balaban J connectivity index is 4.69. The summed E-state index contributed by atoms with van der Waals surface area (Å²) in [5.41, 5.74) is 0. The van der Waals surface area contributed by atoms with Crippen LogP contribution in [0.15, 0.2) is 0 Å². The van der Waals surface area contributed by atoms with E-state index in [-0.39, 0.29) is 0 Å². The van der Waals surface area contributed by atoms with Crippen LogP contribution in [0.1, 0.15) is 0 Å². The van der Waals surface area contributed by atoms with Crippen LogP contribution >= 0.6 is 0 Å². The SMILES string of the molecule is OCC(F)(F)C(F)(F)OCC(F)(F)C(F)(F)F. The molecule has 0 aliphatic carbocycles. The summed E-state index contributed by atoms with van der Waals surface area (Å²) in [6.45, 7) is -5.46. The lowest BCUT2D eigenvalue weighted by Crippen LogP contribution is -2.50. The molecule has 11 heteroatoms.